The predicted octanol–water partition coefficient (Wildman–Crippen LogP) is 5.04. The second kappa shape index (κ2) is 9.67. The van der Waals surface area contributed by atoms with Crippen LogP contribution in [0.5, 0.6) is 5.75 Å². The first-order chi connectivity index (χ1) is 15.9. The van der Waals surface area contributed by atoms with Gasteiger partial charge >= 0.3 is 0 Å². The molecule has 0 aromatic heterocycles. The van der Waals surface area contributed by atoms with Crippen LogP contribution in [0.1, 0.15) is 30.1 Å². The molecule has 0 bridgehead atoms. The Hall–Kier alpha value is -3.32. The van der Waals surface area contributed by atoms with Gasteiger partial charge in [0.25, 0.3) is 15.9 Å². The maximum atomic E-state index is 13.3. The lowest BCUT2D eigenvalue weighted by molar-refractivity contribution is 0.0693. The number of carbonyl (C=O) groups excluding carboxylic acids is 1. The van der Waals surface area contributed by atoms with Crippen LogP contribution in [-0.4, -0.2) is 39.4 Å². The van der Waals surface area contributed by atoms with Crippen LogP contribution >= 0.6 is 0 Å². The molecule has 0 unspecified atom stereocenters. The number of ether oxygens (including phenoxy) is 1. The summed E-state index contributed by atoms with van der Waals surface area (Å²) in [5.74, 6) is 0.735. The molecule has 7 heteroatoms. The summed E-state index contributed by atoms with van der Waals surface area (Å²) in [7, 11) is -2.46. The number of hydrogen-bond acceptors (Lipinski definition) is 4. The van der Waals surface area contributed by atoms with Gasteiger partial charge in [0.05, 0.1) is 23.3 Å². The predicted molar refractivity (Wildman–Crippen MR) is 130 cm³/mol. The average molecular weight is 465 g/mol. The summed E-state index contributed by atoms with van der Waals surface area (Å²) in [5.41, 5.74) is 2.40. The van der Waals surface area contributed by atoms with Crippen molar-refractivity contribution in [2.24, 2.45) is 5.92 Å². The van der Waals surface area contributed by atoms with Crippen molar-refractivity contribution in [2.45, 2.75) is 24.7 Å². The first-order valence-electron chi connectivity index (χ1n) is 11.0. The van der Waals surface area contributed by atoms with Crippen molar-refractivity contribution in [1.82, 2.24) is 4.90 Å². The summed E-state index contributed by atoms with van der Waals surface area (Å²) in [6.45, 7) is 3.49. The van der Waals surface area contributed by atoms with E-state index >= 15 is 0 Å². The number of hydrogen-bond donors (Lipinski definition) is 1. The SMILES string of the molecule is COc1ccc(S(=O)(=O)Nc2ccccc2-c2ccccc2)cc1C(=O)N1CCC(C)CC1. The largest absolute Gasteiger partial charge is 0.496 e. The first kappa shape index (κ1) is 22.9. The number of rotatable bonds is 6. The van der Waals surface area contributed by atoms with Gasteiger partial charge < -0.3 is 9.64 Å². The maximum absolute atomic E-state index is 13.3. The molecule has 0 atom stereocenters. The number of anilines is 1. The maximum Gasteiger partial charge on any atom is 0.261 e. The third-order valence-electron chi connectivity index (χ3n) is 6.04. The van der Waals surface area contributed by atoms with E-state index in [1.54, 1.807) is 17.0 Å². The molecule has 1 heterocycles. The summed E-state index contributed by atoms with van der Waals surface area (Å²) in [6.07, 6.45) is 1.87. The van der Waals surface area contributed by atoms with Crippen LogP contribution < -0.4 is 9.46 Å². The lowest BCUT2D eigenvalue weighted by Crippen LogP contribution is -2.38. The van der Waals surface area contributed by atoms with Gasteiger partial charge in [-0.1, -0.05) is 55.5 Å². The number of para-hydroxylation sites is 1. The molecule has 0 saturated carbocycles. The molecule has 1 fully saturated rings. The van der Waals surface area contributed by atoms with E-state index in [0.717, 1.165) is 24.0 Å². The topological polar surface area (TPSA) is 75.7 Å². The Balaban J connectivity index is 1.66. The number of benzene rings is 3. The number of likely N-dealkylation sites (tertiary alicyclic amines) is 1. The number of amides is 1. The van der Waals surface area contributed by atoms with Gasteiger partial charge in [0.15, 0.2) is 0 Å². The zero-order valence-electron chi connectivity index (χ0n) is 18.8. The Morgan fingerprint density at radius 3 is 2.33 bits per heavy atom. The molecule has 1 N–H and O–H groups in total. The van der Waals surface area contributed by atoms with Crippen LogP contribution in [0, 0.1) is 5.92 Å². The molecule has 3 aromatic rings. The van der Waals surface area contributed by atoms with Gasteiger partial charge in [-0.2, -0.15) is 0 Å². The molecule has 0 radical (unpaired) electrons. The molecular formula is C26H28N2O4S. The number of nitrogens with one attached hydrogen (secondary N) is 1. The fraction of sp³-hybridized carbons (Fsp3) is 0.269. The van der Waals surface area contributed by atoms with Crippen LogP contribution in [-0.2, 0) is 10.0 Å². The summed E-state index contributed by atoms with van der Waals surface area (Å²) >= 11 is 0. The van der Waals surface area contributed by atoms with Crippen molar-refractivity contribution in [3.8, 4) is 16.9 Å². The third-order valence-corrected chi connectivity index (χ3v) is 7.40. The molecule has 4 rings (SSSR count). The van der Waals surface area contributed by atoms with E-state index in [1.807, 2.05) is 42.5 Å². The zero-order chi connectivity index (χ0) is 23.4. The van der Waals surface area contributed by atoms with E-state index in [0.29, 0.717) is 30.4 Å². The van der Waals surface area contributed by atoms with Crippen molar-refractivity contribution in [1.29, 1.82) is 0 Å². The lowest BCUT2D eigenvalue weighted by atomic mass is 9.98. The Kier molecular flexibility index (Phi) is 6.70. The van der Waals surface area contributed by atoms with Crippen LogP contribution in [0.15, 0.2) is 77.7 Å². The summed E-state index contributed by atoms with van der Waals surface area (Å²) in [5, 5.41) is 0. The van der Waals surface area contributed by atoms with Crippen molar-refractivity contribution < 1.29 is 17.9 Å². The Labute approximate surface area is 195 Å². The molecule has 172 valence electrons. The van der Waals surface area contributed by atoms with Crippen LogP contribution in [0.3, 0.4) is 0 Å². The fourth-order valence-corrected chi connectivity index (χ4v) is 5.15. The Bertz CT molecular complexity index is 1230. The second-order valence-corrected chi connectivity index (χ2v) is 10.0. The van der Waals surface area contributed by atoms with Gasteiger partial charge in [-0.05, 0) is 48.6 Å². The third kappa shape index (κ3) is 5.03. The summed E-state index contributed by atoms with van der Waals surface area (Å²) in [4.78, 5) is 15.0. The Morgan fingerprint density at radius 1 is 0.970 bits per heavy atom. The molecule has 3 aromatic carbocycles. The van der Waals surface area contributed by atoms with E-state index in [2.05, 4.69) is 11.6 Å². The van der Waals surface area contributed by atoms with Crippen LogP contribution in [0.2, 0.25) is 0 Å². The second-order valence-electron chi connectivity index (χ2n) is 8.35. The number of nitrogens with zero attached hydrogens (tertiary/aromatic N) is 1. The van der Waals surface area contributed by atoms with E-state index in [9.17, 15) is 13.2 Å². The highest BCUT2D eigenvalue weighted by Gasteiger charge is 2.26. The summed E-state index contributed by atoms with van der Waals surface area (Å²) < 4.78 is 34.7. The van der Waals surface area contributed by atoms with E-state index in [4.69, 9.17) is 4.74 Å². The number of carbonyl (C=O) groups is 1. The molecule has 1 saturated heterocycles. The van der Waals surface area contributed by atoms with E-state index < -0.39 is 10.0 Å². The smallest absolute Gasteiger partial charge is 0.261 e. The zero-order valence-corrected chi connectivity index (χ0v) is 19.6. The fourth-order valence-electron chi connectivity index (χ4n) is 4.05. The van der Waals surface area contributed by atoms with Gasteiger partial charge in [0.1, 0.15) is 5.75 Å². The van der Waals surface area contributed by atoms with Crippen molar-refractivity contribution >= 4 is 21.6 Å². The van der Waals surface area contributed by atoms with Crippen LogP contribution in [0.4, 0.5) is 5.69 Å². The number of sulfonamides is 1. The molecular weight excluding hydrogens is 436 g/mol. The van der Waals surface area contributed by atoms with Gasteiger partial charge in [-0.25, -0.2) is 8.42 Å². The van der Waals surface area contributed by atoms with E-state index in [1.165, 1.54) is 25.3 Å². The molecule has 1 aliphatic heterocycles. The molecule has 1 amide bonds. The minimum Gasteiger partial charge on any atom is -0.496 e. The highest BCUT2D eigenvalue weighted by atomic mass is 32.2. The number of methoxy groups -OCH3 is 1. The quantitative estimate of drug-likeness (QED) is 0.555. The van der Waals surface area contributed by atoms with Gasteiger partial charge in [0.2, 0.25) is 0 Å². The molecule has 6 nitrogen and oxygen atoms in total. The summed E-state index contributed by atoms with van der Waals surface area (Å²) in [6, 6.07) is 21.2. The molecule has 0 spiro atoms. The molecule has 33 heavy (non-hydrogen) atoms. The van der Waals surface area contributed by atoms with Gasteiger partial charge in [-0.15, -0.1) is 0 Å². The van der Waals surface area contributed by atoms with E-state index in [-0.39, 0.29) is 16.4 Å². The molecule has 0 aliphatic carbocycles. The minimum absolute atomic E-state index is 0.0138. The van der Waals surface area contributed by atoms with Gasteiger partial charge in [0, 0.05) is 18.7 Å². The molecule has 1 aliphatic rings. The lowest BCUT2D eigenvalue weighted by Gasteiger charge is -2.30. The monoisotopic (exact) mass is 464 g/mol. The average Bonchev–Trinajstić information content (AvgIpc) is 2.84. The minimum atomic E-state index is -3.94. The highest BCUT2D eigenvalue weighted by molar-refractivity contribution is 7.92. The Morgan fingerprint density at radius 2 is 1.64 bits per heavy atom. The van der Waals surface area contributed by atoms with Gasteiger partial charge in [-0.3, -0.25) is 9.52 Å². The normalized spacial score (nSPS) is 14.7. The van der Waals surface area contributed by atoms with Crippen molar-refractivity contribution in [3.05, 3.63) is 78.4 Å². The first-order valence-corrected chi connectivity index (χ1v) is 12.5. The van der Waals surface area contributed by atoms with Crippen molar-refractivity contribution in [2.75, 3.05) is 24.9 Å². The van der Waals surface area contributed by atoms with Crippen LogP contribution in [0.25, 0.3) is 11.1 Å². The van der Waals surface area contributed by atoms with Crippen molar-refractivity contribution in [3.63, 3.8) is 0 Å². The highest BCUT2D eigenvalue weighted by Crippen LogP contribution is 2.31. The standard InChI is InChI=1S/C26H28N2O4S/c1-19-14-16-28(17-15-19)26(29)23-18-21(12-13-25(23)32-2)33(30,31)27-24-11-7-6-10-22(24)20-8-4-3-5-9-20/h3-13,18-19,27H,14-17H2,1-2H3. The number of piperidine rings is 1.